The van der Waals surface area contributed by atoms with Crippen LogP contribution >= 0.6 is 0 Å². The van der Waals surface area contributed by atoms with Crippen LogP contribution in [-0.4, -0.2) is 13.0 Å². The molecule has 0 atom stereocenters. The maximum absolute atomic E-state index is 8.85. The molecule has 6 heteroatoms. The highest BCUT2D eigenvalue weighted by Crippen LogP contribution is 1.49. The van der Waals surface area contributed by atoms with E-state index in [0.717, 1.165) is 0 Å². The van der Waals surface area contributed by atoms with Gasteiger partial charge in [0.1, 0.15) is 0 Å². The zero-order chi connectivity index (χ0) is 4.50. The van der Waals surface area contributed by atoms with Crippen LogP contribution in [0.15, 0.2) is 0 Å². The predicted octanol–water partition coefficient (Wildman–Crippen LogP) is -2.13. The molecule has 0 aromatic rings. The Morgan fingerprint density at radius 2 is 1.50 bits per heavy atom. The van der Waals surface area contributed by atoms with Crippen molar-refractivity contribution in [3.63, 3.8) is 0 Å². The van der Waals surface area contributed by atoms with E-state index in [1.54, 1.807) is 0 Å². The standard InChI is InChI=1S/ClH2.H3NO3S/c;1-5(2,3)4/h1H2;(H3,1,2,3,4)/q+1;/p-1. The summed E-state index contributed by atoms with van der Waals surface area (Å²) in [5, 5.41) is 3.77. The van der Waals surface area contributed by atoms with Gasteiger partial charge in [-0.05, 0) is 0 Å². The summed E-state index contributed by atoms with van der Waals surface area (Å²) >= 11 is 0. The molecule has 0 unspecified atom stereocenters. The third kappa shape index (κ3) is 1620. The highest BCUT2D eigenvalue weighted by Gasteiger charge is 1.64. The van der Waals surface area contributed by atoms with Crippen molar-refractivity contribution in [2.45, 2.75) is 0 Å². The molecular formula is H4ClNO3S. The molecule has 0 rings (SSSR count). The molecule has 0 radical (unpaired) electrons. The van der Waals surface area contributed by atoms with Gasteiger partial charge in [-0.1, -0.05) is 0 Å². The van der Waals surface area contributed by atoms with Crippen molar-refractivity contribution in [3.8, 4) is 0 Å². The Labute approximate surface area is 41.6 Å². The topological polar surface area (TPSA) is 83.2 Å². The molecule has 2 N–H and O–H groups in total. The molecule has 0 aliphatic heterocycles. The zero-order valence-electron chi connectivity index (χ0n) is 2.66. The Morgan fingerprint density at radius 1 is 1.50 bits per heavy atom. The summed E-state index contributed by atoms with van der Waals surface area (Å²) in [5.74, 6) is 0. The minimum absolute atomic E-state index is 0. The Hall–Kier alpha value is 0.160. The van der Waals surface area contributed by atoms with Crippen molar-refractivity contribution >= 4 is 10.3 Å². The van der Waals surface area contributed by atoms with E-state index in [9.17, 15) is 0 Å². The van der Waals surface area contributed by atoms with Gasteiger partial charge in [0.15, 0.2) is 10.3 Å². The van der Waals surface area contributed by atoms with Crippen molar-refractivity contribution in [1.82, 2.24) is 0 Å². The lowest BCUT2D eigenvalue weighted by molar-refractivity contribution is -0.00000576. The molecule has 0 saturated carbocycles. The quantitative estimate of drug-likeness (QED) is 0.383. The lowest BCUT2D eigenvalue weighted by Gasteiger charge is -1.90. The molecule has 0 saturated heterocycles. The molecule has 0 heterocycles. The van der Waals surface area contributed by atoms with E-state index >= 15 is 0 Å². The van der Waals surface area contributed by atoms with Crippen LogP contribution < -0.4 is 5.14 Å². The lowest BCUT2D eigenvalue weighted by atomic mass is 13.9. The normalized spacial score (nSPS) is 9.67. The van der Waals surface area contributed by atoms with Crippen LogP contribution in [0.1, 0.15) is 0 Å². The molecule has 6 heavy (non-hydrogen) atoms. The lowest BCUT2D eigenvalue weighted by Crippen LogP contribution is -2.08. The SMILES string of the molecule is NS(=O)(=O)[O-].[ClH2+]. The monoisotopic (exact) mass is 133 g/mol. The number of hydrogen-bond acceptors (Lipinski definition) is 3. The Kier molecular flexibility index (Phi) is 3.72. The second-order valence-corrected chi connectivity index (χ2v) is 1.48. The molecule has 0 fully saturated rings. The van der Waals surface area contributed by atoms with E-state index in [0.29, 0.717) is 0 Å². The van der Waals surface area contributed by atoms with Crippen molar-refractivity contribution in [1.29, 1.82) is 0 Å². The first-order chi connectivity index (χ1) is 2.00. The summed E-state index contributed by atoms with van der Waals surface area (Å²) in [5.41, 5.74) is 0. The fraction of sp³-hybridized carbons (Fsp3) is 0. The minimum atomic E-state index is -4.42. The second-order valence-electron chi connectivity index (χ2n) is 0.493. The summed E-state index contributed by atoms with van der Waals surface area (Å²) < 4.78 is 26.6. The fourth-order valence-electron chi connectivity index (χ4n) is 0. The van der Waals surface area contributed by atoms with Gasteiger partial charge in [0.2, 0.25) is 0 Å². The summed E-state index contributed by atoms with van der Waals surface area (Å²) in [4.78, 5) is 0. The molecule has 0 aliphatic rings. The van der Waals surface area contributed by atoms with Crippen LogP contribution in [-0.2, 0) is 10.3 Å². The van der Waals surface area contributed by atoms with E-state index in [1.807, 2.05) is 0 Å². The van der Waals surface area contributed by atoms with Gasteiger partial charge < -0.3 is 4.55 Å². The van der Waals surface area contributed by atoms with Crippen LogP contribution in [0.4, 0.5) is 0 Å². The molecule has 0 aliphatic carbocycles. The summed E-state index contributed by atoms with van der Waals surface area (Å²) in [6.07, 6.45) is 0. The number of halogens is 1. The van der Waals surface area contributed by atoms with Gasteiger partial charge in [-0.3, -0.25) is 0 Å². The van der Waals surface area contributed by atoms with E-state index in [1.165, 1.54) is 0 Å². The minimum Gasteiger partial charge on any atom is -0.736 e. The average molecular weight is 134 g/mol. The van der Waals surface area contributed by atoms with Crippen LogP contribution in [0.5, 0.6) is 0 Å². The Morgan fingerprint density at radius 3 is 1.50 bits per heavy atom. The third-order valence-corrected chi connectivity index (χ3v) is 0. The second kappa shape index (κ2) is 2.35. The van der Waals surface area contributed by atoms with Crippen LogP contribution in [0.25, 0.3) is 0 Å². The molecule has 0 bridgehead atoms. The van der Waals surface area contributed by atoms with Gasteiger partial charge in [-0.25, -0.2) is 13.6 Å². The molecule has 4 nitrogen and oxygen atoms in total. The first-order valence-corrected chi connectivity index (χ1v) is 2.21. The van der Waals surface area contributed by atoms with Crippen LogP contribution in [0, 0.1) is 12.4 Å². The van der Waals surface area contributed by atoms with Crippen LogP contribution in [0.2, 0.25) is 0 Å². The van der Waals surface area contributed by atoms with Crippen molar-refractivity contribution < 1.29 is 25.4 Å². The smallest absolute Gasteiger partial charge is 0.156 e. The first kappa shape index (κ1) is 9.48. The van der Waals surface area contributed by atoms with Crippen molar-refractivity contribution in [2.75, 3.05) is 0 Å². The first-order valence-electron chi connectivity index (χ1n) is 0.736. The van der Waals surface area contributed by atoms with Gasteiger partial charge in [-0.2, -0.15) is 0 Å². The Bertz CT molecular complexity index is 94.0. The molecule has 0 spiro atoms. The van der Waals surface area contributed by atoms with Gasteiger partial charge in [0, 0.05) is 0 Å². The molecule has 0 aromatic carbocycles. The molecular weight excluding hydrogens is 130 g/mol. The van der Waals surface area contributed by atoms with E-state index in [-0.39, 0.29) is 12.4 Å². The molecule has 0 aromatic heterocycles. The average Bonchev–Trinajstić information content (AvgIpc) is 0.722. The highest BCUT2D eigenvalue weighted by atomic mass is 35.5. The zero-order valence-corrected chi connectivity index (χ0v) is 4.37. The van der Waals surface area contributed by atoms with Crippen LogP contribution in [0.3, 0.4) is 0 Å². The Balaban J connectivity index is 0. The predicted molar refractivity (Wildman–Crippen MR) is 16.7 cm³/mol. The molecule has 40 valence electrons. The third-order valence-electron chi connectivity index (χ3n) is 0. The summed E-state index contributed by atoms with van der Waals surface area (Å²) in [7, 11) is -4.42. The van der Waals surface area contributed by atoms with E-state index < -0.39 is 10.3 Å². The van der Waals surface area contributed by atoms with E-state index in [4.69, 9.17) is 13.0 Å². The largest absolute Gasteiger partial charge is 0.736 e. The van der Waals surface area contributed by atoms with Crippen molar-refractivity contribution in [3.05, 3.63) is 0 Å². The molecule has 0 amide bonds. The number of rotatable bonds is 0. The van der Waals surface area contributed by atoms with Gasteiger partial charge in [0.05, 0.1) is 12.4 Å². The number of nitrogens with two attached hydrogens (primary N) is 1. The fourth-order valence-corrected chi connectivity index (χ4v) is 0. The van der Waals surface area contributed by atoms with Gasteiger partial charge in [0.25, 0.3) is 0 Å². The van der Waals surface area contributed by atoms with E-state index in [2.05, 4.69) is 5.14 Å². The van der Waals surface area contributed by atoms with Gasteiger partial charge >= 0.3 is 0 Å². The maximum atomic E-state index is 8.85. The maximum Gasteiger partial charge on any atom is 0.156 e. The number of hydrogen-bond donors (Lipinski definition) is 1. The van der Waals surface area contributed by atoms with Crippen molar-refractivity contribution in [2.24, 2.45) is 5.14 Å². The summed E-state index contributed by atoms with van der Waals surface area (Å²) in [6.45, 7) is 0. The van der Waals surface area contributed by atoms with Gasteiger partial charge in [-0.15, -0.1) is 0 Å². The highest BCUT2D eigenvalue weighted by molar-refractivity contribution is 7.83. The summed E-state index contributed by atoms with van der Waals surface area (Å²) in [6, 6.07) is 0.